The lowest BCUT2D eigenvalue weighted by Crippen LogP contribution is -2.21. The first-order valence-corrected chi connectivity index (χ1v) is 6.74. The highest BCUT2D eigenvalue weighted by Gasteiger charge is 2.32. The molecule has 2 aromatic carbocycles. The molecule has 0 aliphatic rings. The van der Waals surface area contributed by atoms with Gasteiger partial charge in [-0.3, -0.25) is 19.7 Å². The van der Waals surface area contributed by atoms with Crippen LogP contribution in [-0.4, -0.2) is 21.8 Å². The summed E-state index contributed by atoms with van der Waals surface area (Å²) in [5.74, 6) is -3.77. The van der Waals surface area contributed by atoms with Gasteiger partial charge in [-0.2, -0.15) is 0 Å². The molecule has 0 heterocycles. The van der Waals surface area contributed by atoms with Crippen LogP contribution in [0.3, 0.4) is 0 Å². The van der Waals surface area contributed by atoms with Crippen molar-refractivity contribution < 1.29 is 19.6 Å². The van der Waals surface area contributed by atoms with Crippen molar-refractivity contribution in [3.05, 3.63) is 81.9 Å². The number of carbonyl (C=O) groups excluding carboxylic acids is 1. The molecule has 2 rings (SSSR count). The second kappa shape index (κ2) is 7.13. The minimum atomic E-state index is -1.61. The van der Waals surface area contributed by atoms with Crippen LogP contribution in [0.25, 0.3) is 6.08 Å². The van der Waals surface area contributed by atoms with Crippen molar-refractivity contribution in [1.29, 1.82) is 0 Å². The molecule has 0 aliphatic carbocycles. The number of nitrogens with zero attached hydrogens (tertiary/aromatic N) is 1. The number of para-hydroxylation sites is 1. The highest BCUT2D eigenvalue weighted by Crippen LogP contribution is 2.28. The summed E-state index contributed by atoms with van der Waals surface area (Å²) in [6, 6.07) is 14.2. The van der Waals surface area contributed by atoms with Crippen LogP contribution < -0.4 is 0 Å². The van der Waals surface area contributed by atoms with Crippen LogP contribution in [0.4, 0.5) is 5.69 Å². The summed E-state index contributed by atoms with van der Waals surface area (Å²) in [4.78, 5) is 34.0. The molecule has 0 bridgehead atoms. The van der Waals surface area contributed by atoms with E-state index in [9.17, 15) is 24.8 Å². The number of carboxylic acids is 1. The molecule has 1 unspecified atom stereocenters. The van der Waals surface area contributed by atoms with Crippen LogP contribution in [0.15, 0.2) is 60.7 Å². The molecule has 23 heavy (non-hydrogen) atoms. The largest absolute Gasteiger partial charge is 0.480 e. The first kappa shape index (κ1) is 16.1. The minimum Gasteiger partial charge on any atom is -0.480 e. The highest BCUT2D eigenvalue weighted by molar-refractivity contribution is 6.11. The Morgan fingerprint density at radius 2 is 1.65 bits per heavy atom. The van der Waals surface area contributed by atoms with Gasteiger partial charge in [-0.1, -0.05) is 54.6 Å². The van der Waals surface area contributed by atoms with E-state index in [0.717, 1.165) is 11.6 Å². The number of rotatable bonds is 6. The van der Waals surface area contributed by atoms with E-state index in [1.807, 2.05) is 6.07 Å². The van der Waals surface area contributed by atoms with Gasteiger partial charge in [-0.15, -0.1) is 0 Å². The topological polar surface area (TPSA) is 97.5 Å². The third kappa shape index (κ3) is 3.88. The van der Waals surface area contributed by atoms with E-state index in [1.54, 1.807) is 24.3 Å². The first-order valence-electron chi connectivity index (χ1n) is 6.74. The lowest BCUT2D eigenvalue weighted by molar-refractivity contribution is -0.385. The number of nitro benzene ring substituents is 1. The fourth-order valence-corrected chi connectivity index (χ4v) is 2.14. The standard InChI is InChI=1S/C17H13NO5/c19-15(11-10-12-6-2-1-3-7-12)16(17(20)21)13-8-4-5-9-14(13)18(22)23/h1-11,16H,(H,20,21)/b11-10+. The van der Waals surface area contributed by atoms with E-state index in [4.69, 9.17) is 0 Å². The Labute approximate surface area is 131 Å². The highest BCUT2D eigenvalue weighted by atomic mass is 16.6. The van der Waals surface area contributed by atoms with Crippen molar-refractivity contribution in [1.82, 2.24) is 0 Å². The average molecular weight is 311 g/mol. The van der Waals surface area contributed by atoms with Crippen LogP contribution in [-0.2, 0) is 9.59 Å². The lowest BCUT2D eigenvalue weighted by atomic mass is 9.92. The first-order chi connectivity index (χ1) is 11.0. The van der Waals surface area contributed by atoms with E-state index in [0.29, 0.717) is 0 Å². The van der Waals surface area contributed by atoms with E-state index in [2.05, 4.69) is 0 Å². The molecule has 0 saturated carbocycles. The Hall–Kier alpha value is -3.28. The fourth-order valence-electron chi connectivity index (χ4n) is 2.14. The number of carboxylic acid groups (broad SMARTS) is 1. The summed E-state index contributed by atoms with van der Waals surface area (Å²) in [6.45, 7) is 0. The van der Waals surface area contributed by atoms with Gasteiger partial charge < -0.3 is 5.11 Å². The van der Waals surface area contributed by atoms with Crippen LogP contribution in [0.5, 0.6) is 0 Å². The van der Waals surface area contributed by atoms with Gasteiger partial charge in [0.15, 0.2) is 11.7 Å². The fraction of sp³-hybridized carbons (Fsp3) is 0.0588. The molecule has 6 heteroatoms. The number of carbonyl (C=O) groups is 2. The summed E-state index contributed by atoms with van der Waals surface area (Å²) < 4.78 is 0. The third-order valence-corrected chi connectivity index (χ3v) is 3.22. The zero-order valence-corrected chi connectivity index (χ0v) is 12.0. The molecule has 0 saturated heterocycles. The number of ketones is 1. The Kier molecular flexibility index (Phi) is 4.99. The summed E-state index contributed by atoms with van der Waals surface area (Å²) in [7, 11) is 0. The van der Waals surface area contributed by atoms with Gasteiger partial charge in [0, 0.05) is 6.07 Å². The third-order valence-electron chi connectivity index (χ3n) is 3.22. The van der Waals surface area contributed by atoms with Crippen molar-refractivity contribution in [3.8, 4) is 0 Å². The Balaban J connectivity index is 2.36. The summed E-state index contributed by atoms with van der Waals surface area (Å²) in [5.41, 5.74) is 0.210. The summed E-state index contributed by atoms with van der Waals surface area (Å²) in [6.07, 6.45) is 2.61. The van der Waals surface area contributed by atoms with Crippen molar-refractivity contribution in [2.24, 2.45) is 0 Å². The van der Waals surface area contributed by atoms with E-state index in [-0.39, 0.29) is 11.3 Å². The molecule has 0 amide bonds. The SMILES string of the molecule is O=C(O)C(C(=O)/C=C/c1ccccc1)c1ccccc1[N+](=O)[O-]. The predicted octanol–water partition coefficient (Wildman–Crippen LogP) is 3.05. The maximum atomic E-state index is 12.2. The molecular weight excluding hydrogens is 298 g/mol. The van der Waals surface area contributed by atoms with E-state index in [1.165, 1.54) is 30.3 Å². The number of benzene rings is 2. The van der Waals surface area contributed by atoms with E-state index < -0.39 is 22.6 Å². The van der Waals surface area contributed by atoms with Gasteiger partial charge >= 0.3 is 5.97 Å². The molecule has 1 N–H and O–H groups in total. The van der Waals surface area contributed by atoms with Crippen LogP contribution in [0.1, 0.15) is 17.0 Å². The second-order valence-corrected chi connectivity index (χ2v) is 4.73. The quantitative estimate of drug-likeness (QED) is 0.383. The van der Waals surface area contributed by atoms with Gasteiger partial charge in [0.25, 0.3) is 5.69 Å². The maximum absolute atomic E-state index is 12.2. The van der Waals surface area contributed by atoms with Crippen molar-refractivity contribution >= 4 is 23.5 Å². The Morgan fingerprint density at radius 3 is 2.26 bits per heavy atom. The average Bonchev–Trinajstić information content (AvgIpc) is 2.54. The zero-order valence-electron chi connectivity index (χ0n) is 12.0. The molecule has 0 fully saturated rings. The molecule has 2 aromatic rings. The molecular formula is C17H13NO5. The number of aliphatic carboxylic acids is 1. The molecule has 116 valence electrons. The smallest absolute Gasteiger partial charge is 0.319 e. The molecule has 0 aromatic heterocycles. The predicted molar refractivity (Wildman–Crippen MR) is 84.0 cm³/mol. The second-order valence-electron chi connectivity index (χ2n) is 4.73. The lowest BCUT2D eigenvalue weighted by Gasteiger charge is -2.09. The van der Waals surface area contributed by atoms with Crippen molar-refractivity contribution in [2.75, 3.05) is 0 Å². The molecule has 1 atom stereocenters. The van der Waals surface area contributed by atoms with Crippen LogP contribution in [0.2, 0.25) is 0 Å². The number of nitro groups is 1. The van der Waals surface area contributed by atoms with Gasteiger partial charge in [0.2, 0.25) is 0 Å². The van der Waals surface area contributed by atoms with E-state index >= 15 is 0 Å². The van der Waals surface area contributed by atoms with Gasteiger partial charge in [0.1, 0.15) is 0 Å². The van der Waals surface area contributed by atoms with Crippen molar-refractivity contribution in [3.63, 3.8) is 0 Å². The van der Waals surface area contributed by atoms with Crippen LogP contribution >= 0.6 is 0 Å². The monoisotopic (exact) mass is 311 g/mol. The number of allylic oxidation sites excluding steroid dienone is 1. The number of hydrogen-bond donors (Lipinski definition) is 1. The molecule has 6 nitrogen and oxygen atoms in total. The van der Waals surface area contributed by atoms with Gasteiger partial charge in [-0.25, -0.2) is 0 Å². The van der Waals surface area contributed by atoms with Gasteiger partial charge in [-0.05, 0) is 11.6 Å². The summed E-state index contributed by atoms with van der Waals surface area (Å²) >= 11 is 0. The maximum Gasteiger partial charge on any atom is 0.319 e. The zero-order chi connectivity index (χ0) is 16.8. The molecule has 0 aliphatic heterocycles. The molecule has 0 radical (unpaired) electrons. The minimum absolute atomic E-state index is 0.132. The Morgan fingerprint density at radius 1 is 1.04 bits per heavy atom. The van der Waals surface area contributed by atoms with Crippen molar-refractivity contribution in [2.45, 2.75) is 5.92 Å². The normalized spacial score (nSPS) is 12.0. The summed E-state index contributed by atoms with van der Waals surface area (Å²) in [5, 5.41) is 20.4. The van der Waals surface area contributed by atoms with Gasteiger partial charge in [0.05, 0.1) is 10.5 Å². The van der Waals surface area contributed by atoms with Crippen LogP contribution in [0, 0.1) is 10.1 Å². The number of hydrogen-bond acceptors (Lipinski definition) is 4. The molecule has 0 spiro atoms. The Bertz CT molecular complexity index is 768.